The van der Waals surface area contributed by atoms with Crippen molar-refractivity contribution in [2.75, 3.05) is 0 Å². The SMILES string of the molecule is CC1(C)CCCCC(C)(C)CC(C)(C)CC1. The van der Waals surface area contributed by atoms with Gasteiger partial charge in [0.2, 0.25) is 0 Å². The summed E-state index contributed by atoms with van der Waals surface area (Å²) in [4.78, 5) is 0. The molecule has 1 rings (SSSR count). The van der Waals surface area contributed by atoms with E-state index >= 15 is 0 Å². The molecule has 0 aliphatic heterocycles. The van der Waals surface area contributed by atoms with E-state index in [2.05, 4.69) is 41.5 Å². The Morgan fingerprint density at radius 2 is 0.875 bits per heavy atom. The van der Waals surface area contributed by atoms with E-state index < -0.39 is 0 Å². The summed E-state index contributed by atoms with van der Waals surface area (Å²) >= 11 is 0. The van der Waals surface area contributed by atoms with Crippen molar-refractivity contribution in [2.45, 2.75) is 86.5 Å². The second-order valence-corrected chi connectivity index (χ2v) is 8.38. The zero-order valence-corrected chi connectivity index (χ0v) is 12.4. The molecule has 0 aromatic heterocycles. The first-order chi connectivity index (χ1) is 7.12. The minimum atomic E-state index is 0.526. The second kappa shape index (κ2) is 4.70. The predicted molar refractivity (Wildman–Crippen MR) is 73.7 cm³/mol. The molecule has 0 spiro atoms. The van der Waals surface area contributed by atoms with Crippen LogP contribution in [0.15, 0.2) is 0 Å². The van der Waals surface area contributed by atoms with Crippen LogP contribution in [0.4, 0.5) is 0 Å². The molecule has 0 atom stereocenters. The van der Waals surface area contributed by atoms with E-state index in [-0.39, 0.29) is 0 Å². The van der Waals surface area contributed by atoms with Gasteiger partial charge in [0.1, 0.15) is 0 Å². The predicted octanol–water partition coefficient (Wildman–Crippen LogP) is 5.81. The Hall–Kier alpha value is 0. The van der Waals surface area contributed by atoms with Crippen molar-refractivity contribution in [1.29, 1.82) is 0 Å². The Kier molecular flexibility index (Phi) is 4.13. The summed E-state index contributed by atoms with van der Waals surface area (Å²) in [5.74, 6) is 0. The molecular formula is C16H32. The van der Waals surface area contributed by atoms with Crippen molar-refractivity contribution in [3.05, 3.63) is 0 Å². The van der Waals surface area contributed by atoms with Crippen molar-refractivity contribution in [3.63, 3.8) is 0 Å². The van der Waals surface area contributed by atoms with Crippen molar-refractivity contribution in [2.24, 2.45) is 16.2 Å². The average Bonchev–Trinajstić information content (AvgIpc) is 2.07. The van der Waals surface area contributed by atoms with E-state index in [1.165, 1.54) is 44.9 Å². The first-order valence-corrected chi connectivity index (χ1v) is 7.12. The third kappa shape index (κ3) is 4.89. The van der Waals surface area contributed by atoms with Crippen molar-refractivity contribution < 1.29 is 0 Å². The van der Waals surface area contributed by atoms with Gasteiger partial charge >= 0.3 is 0 Å². The van der Waals surface area contributed by atoms with E-state index in [9.17, 15) is 0 Å². The number of rotatable bonds is 0. The molecule has 0 unspecified atom stereocenters. The summed E-state index contributed by atoms with van der Waals surface area (Å²) in [6.45, 7) is 14.8. The van der Waals surface area contributed by atoms with E-state index in [0.29, 0.717) is 16.2 Å². The molecule has 0 radical (unpaired) electrons. The van der Waals surface area contributed by atoms with Gasteiger partial charge in [-0.15, -0.1) is 0 Å². The first kappa shape index (κ1) is 14.1. The molecular weight excluding hydrogens is 192 g/mol. The fraction of sp³-hybridized carbons (Fsp3) is 1.00. The second-order valence-electron chi connectivity index (χ2n) is 8.38. The number of hydrogen-bond acceptors (Lipinski definition) is 0. The fourth-order valence-electron chi connectivity index (χ4n) is 3.48. The Morgan fingerprint density at radius 3 is 1.44 bits per heavy atom. The lowest BCUT2D eigenvalue weighted by Gasteiger charge is -2.39. The maximum Gasteiger partial charge on any atom is -0.0349 e. The van der Waals surface area contributed by atoms with E-state index in [0.717, 1.165) is 0 Å². The van der Waals surface area contributed by atoms with Crippen LogP contribution in [-0.2, 0) is 0 Å². The molecule has 0 saturated heterocycles. The first-order valence-electron chi connectivity index (χ1n) is 7.12. The molecule has 96 valence electrons. The molecule has 0 amide bonds. The summed E-state index contributed by atoms with van der Waals surface area (Å²) in [5.41, 5.74) is 1.64. The van der Waals surface area contributed by atoms with Gasteiger partial charge in [0, 0.05) is 0 Å². The maximum absolute atomic E-state index is 2.46. The molecule has 0 aromatic rings. The summed E-state index contributed by atoms with van der Waals surface area (Å²) in [6, 6.07) is 0. The van der Waals surface area contributed by atoms with Gasteiger partial charge in [-0.2, -0.15) is 0 Å². The summed E-state index contributed by atoms with van der Waals surface area (Å²) in [5, 5.41) is 0. The van der Waals surface area contributed by atoms with Crippen molar-refractivity contribution >= 4 is 0 Å². The minimum absolute atomic E-state index is 0.526. The Balaban J connectivity index is 2.69. The van der Waals surface area contributed by atoms with Crippen LogP contribution in [0.2, 0.25) is 0 Å². The largest absolute Gasteiger partial charge is 0.0599 e. The van der Waals surface area contributed by atoms with Gasteiger partial charge < -0.3 is 0 Å². The fourth-order valence-corrected chi connectivity index (χ4v) is 3.48. The van der Waals surface area contributed by atoms with Crippen LogP contribution in [0.1, 0.15) is 86.5 Å². The molecule has 0 bridgehead atoms. The molecule has 0 nitrogen and oxygen atoms in total. The average molecular weight is 224 g/mol. The monoisotopic (exact) mass is 224 g/mol. The van der Waals surface area contributed by atoms with Gasteiger partial charge in [-0.25, -0.2) is 0 Å². The van der Waals surface area contributed by atoms with Gasteiger partial charge in [0.25, 0.3) is 0 Å². The third-order valence-electron chi connectivity index (χ3n) is 4.39. The van der Waals surface area contributed by atoms with Crippen LogP contribution in [0.5, 0.6) is 0 Å². The summed E-state index contributed by atoms with van der Waals surface area (Å²) < 4.78 is 0. The van der Waals surface area contributed by atoms with Gasteiger partial charge in [-0.1, -0.05) is 54.4 Å². The van der Waals surface area contributed by atoms with Crippen LogP contribution >= 0.6 is 0 Å². The lowest BCUT2D eigenvalue weighted by molar-refractivity contribution is 0.128. The van der Waals surface area contributed by atoms with E-state index in [1.807, 2.05) is 0 Å². The minimum Gasteiger partial charge on any atom is -0.0599 e. The molecule has 1 saturated carbocycles. The van der Waals surface area contributed by atoms with Gasteiger partial charge in [0.15, 0.2) is 0 Å². The van der Waals surface area contributed by atoms with E-state index in [4.69, 9.17) is 0 Å². The highest BCUT2D eigenvalue weighted by atomic mass is 14.4. The van der Waals surface area contributed by atoms with Crippen LogP contribution in [-0.4, -0.2) is 0 Å². The lowest BCUT2D eigenvalue weighted by atomic mass is 9.67. The Labute approximate surface area is 103 Å². The molecule has 0 heterocycles. The quantitative estimate of drug-likeness (QED) is 0.487. The Morgan fingerprint density at radius 1 is 0.500 bits per heavy atom. The summed E-state index contributed by atoms with van der Waals surface area (Å²) in [6.07, 6.45) is 9.85. The van der Waals surface area contributed by atoms with Gasteiger partial charge in [-0.3, -0.25) is 0 Å². The van der Waals surface area contributed by atoms with E-state index in [1.54, 1.807) is 0 Å². The van der Waals surface area contributed by atoms with Gasteiger partial charge in [0.05, 0.1) is 0 Å². The molecule has 0 N–H and O–H groups in total. The molecule has 1 fully saturated rings. The summed E-state index contributed by atoms with van der Waals surface area (Å²) in [7, 11) is 0. The van der Waals surface area contributed by atoms with Crippen LogP contribution in [0, 0.1) is 16.2 Å². The van der Waals surface area contributed by atoms with Crippen molar-refractivity contribution in [1.82, 2.24) is 0 Å². The molecule has 1 aliphatic carbocycles. The van der Waals surface area contributed by atoms with Crippen LogP contribution in [0.3, 0.4) is 0 Å². The standard InChI is InChI=1S/C16H32/c1-14(2)9-7-8-10-15(3,4)13-16(5,6)12-11-14/h7-13H2,1-6H3. The molecule has 16 heavy (non-hydrogen) atoms. The highest BCUT2D eigenvalue weighted by Gasteiger charge is 2.31. The Bertz CT molecular complexity index is 220. The zero-order chi connectivity index (χ0) is 12.4. The maximum atomic E-state index is 2.46. The highest BCUT2D eigenvalue weighted by Crippen LogP contribution is 2.44. The molecule has 0 heteroatoms. The molecule has 0 aromatic carbocycles. The van der Waals surface area contributed by atoms with Crippen LogP contribution < -0.4 is 0 Å². The van der Waals surface area contributed by atoms with Crippen molar-refractivity contribution in [3.8, 4) is 0 Å². The third-order valence-corrected chi connectivity index (χ3v) is 4.39. The lowest BCUT2D eigenvalue weighted by Crippen LogP contribution is -2.26. The zero-order valence-electron chi connectivity index (χ0n) is 12.4. The number of hydrogen-bond donors (Lipinski definition) is 0. The molecule has 1 aliphatic rings. The smallest absolute Gasteiger partial charge is 0.0349 e. The normalized spacial score (nSPS) is 29.6. The highest BCUT2D eigenvalue weighted by molar-refractivity contribution is 4.83. The van der Waals surface area contributed by atoms with Crippen LogP contribution in [0.25, 0.3) is 0 Å². The topological polar surface area (TPSA) is 0 Å². The van der Waals surface area contributed by atoms with Gasteiger partial charge in [-0.05, 0) is 48.3 Å².